The zero-order valence-corrected chi connectivity index (χ0v) is 9.44. The average Bonchev–Trinajstić information content (AvgIpc) is 2.61. The highest BCUT2D eigenvalue weighted by atomic mass is 16.4. The molecule has 5 heteroatoms. The van der Waals surface area contributed by atoms with E-state index >= 15 is 0 Å². The molecule has 0 atom stereocenters. The number of nitrogens with zero attached hydrogens (tertiary/aromatic N) is 3. The molecule has 5 nitrogen and oxygen atoms in total. The van der Waals surface area contributed by atoms with Crippen LogP contribution in [0.25, 0.3) is 0 Å². The summed E-state index contributed by atoms with van der Waals surface area (Å²) in [6, 6.07) is 0. The van der Waals surface area contributed by atoms with Crippen molar-refractivity contribution in [1.82, 2.24) is 15.1 Å². The normalized spacial score (nSPS) is 11.2. The van der Waals surface area contributed by atoms with Crippen molar-refractivity contribution in [3.63, 3.8) is 0 Å². The summed E-state index contributed by atoms with van der Waals surface area (Å²) < 4.78 is 5.29. The number of aliphatic hydroxyl groups is 1. The highest BCUT2D eigenvalue weighted by molar-refractivity contribution is 4.79. The molecule has 0 aliphatic heterocycles. The summed E-state index contributed by atoms with van der Waals surface area (Å²) in [5.41, 5.74) is 0. The topological polar surface area (TPSA) is 62.4 Å². The molecule has 0 spiro atoms. The summed E-state index contributed by atoms with van der Waals surface area (Å²) in [6.07, 6.45) is 2.26. The average molecular weight is 213 g/mol. The molecule has 1 heterocycles. The number of aromatic nitrogens is 2. The van der Waals surface area contributed by atoms with Gasteiger partial charge in [0.25, 0.3) is 0 Å². The van der Waals surface area contributed by atoms with Gasteiger partial charge in [0.1, 0.15) is 0 Å². The van der Waals surface area contributed by atoms with E-state index in [0.29, 0.717) is 24.9 Å². The minimum atomic E-state index is 0.164. The Hall–Kier alpha value is -0.940. The lowest BCUT2D eigenvalue weighted by Crippen LogP contribution is -2.27. The second-order valence-corrected chi connectivity index (χ2v) is 3.57. The Morgan fingerprint density at radius 1 is 1.33 bits per heavy atom. The molecule has 1 rings (SSSR count). The molecule has 15 heavy (non-hydrogen) atoms. The van der Waals surface area contributed by atoms with Crippen LogP contribution in [0.4, 0.5) is 0 Å². The fraction of sp³-hybridized carbons (Fsp3) is 0.800. The molecule has 0 amide bonds. The van der Waals surface area contributed by atoms with Gasteiger partial charge in [-0.25, -0.2) is 0 Å². The first-order valence-corrected chi connectivity index (χ1v) is 5.38. The Kier molecular flexibility index (Phi) is 5.28. The first-order valence-electron chi connectivity index (χ1n) is 5.38. The first-order chi connectivity index (χ1) is 7.26. The summed E-state index contributed by atoms with van der Waals surface area (Å²) in [6.45, 7) is 6.32. The summed E-state index contributed by atoms with van der Waals surface area (Å²) in [4.78, 5) is 2.12. The molecule has 0 saturated carbocycles. The zero-order valence-electron chi connectivity index (χ0n) is 9.44. The van der Waals surface area contributed by atoms with Crippen molar-refractivity contribution in [2.45, 2.75) is 33.2 Å². The molecule has 0 bridgehead atoms. The molecule has 0 aliphatic rings. The maximum atomic E-state index is 8.91. The van der Waals surface area contributed by atoms with Crippen LogP contribution in [0.15, 0.2) is 4.42 Å². The van der Waals surface area contributed by atoms with Gasteiger partial charge in [0.15, 0.2) is 0 Å². The van der Waals surface area contributed by atoms with Crippen molar-refractivity contribution < 1.29 is 9.52 Å². The number of aryl methyl sites for hydroxylation is 1. The van der Waals surface area contributed by atoms with Crippen molar-refractivity contribution in [2.75, 3.05) is 19.7 Å². The zero-order chi connectivity index (χ0) is 11.1. The Morgan fingerprint density at radius 3 is 2.67 bits per heavy atom. The van der Waals surface area contributed by atoms with Gasteiger partial charge in [-0.1, -0.05) is 13.3 Å². The highest BCUT2D eigenvalue weighted by Crippen LogP contribution is 2.04. The van der Waals surface area contributed by atoms with Crippen LogP contribution < -0.4 is 0 Å². The number of hydrogen-bond donors (Lipinski definition) is 1. The third kappa shape index (κ3) is 4.40. The second-order valence-electron chi connectivity index (χ2n) is 3.57. The molecular weight excluding hydrogens is 194 g/mol. The number of aliphatic hydroxyl groups excluding tert-OH is 1. The Balaban J connectivity index is 2.42. The number of unbranched alkanes of at least 4 members (excludes halogenated alkanes) is 1. The van der Waals surface area contributed by atoms with Crippen molar-refractivity contribution in [3.8, 4) is 0 Å². The van der Waals surface area contributed by atoms with Gasteiger partial charge in [0, 0.05) is 13.5 Å². The third-order valence-electron chi connectivity index (χ3n) is 2.17. The smallest absolute Gasteiger partial charge is 0.230 e. The van der Waals surface area contributed by atoms with Gasteiger partial charge in [0.05, 0.1) is 13.2 Å². The van der Waals surface area contributed by atoms with Crippen LogP contribution in [-0.2, 0) is 6.54 Å². The molecule has 0 aromatic carbocycles. The Labute approximate surface area is 90.1 Å². The molecular formula is C10H19N3O2. The second kappa shape index (κ2) is 6.53. The molecule has 0 aliphatic carbocycles. The van der Waals surface area contributed by atoms with Crippen LogP contribution in [0.3, 0.4) is 0 Å². The van der Waals surface area contributed by atoms with Gasteiger partial charge in [-0.3, -0.25) is 4.90 Å². The lowest BCUT2D eigenvalue weighted by atomic mass is 10.3. The monoisotopic (exact) mass is 213 g/mol. The fourth-order valence-corrected chi connectivity index (χ4v) is 1.39. The summed E-state index contributed by atoms with van der Waals surface area (Å²) in [5.74, 6) is 1.21. The SMILES string of the molecule is CCCCN(CCO)Cc1nnc(C)o1. The first kappa shape index (κ1) is 12.1. The summed E-state index contributed by atoms with van der Waals surface area (Å²) in [7, 11) is 0. The van der Waals surface area contributed by atoms with Crippen molar-refractivity contribution >= 4 is 0 Å². The lowest BCUT2D eigenvalue weighted by Gasteiger charge is -2.18. The van der Waals surface area contributed by atoms with E-state index in [1.807, 2.05) is 0 Å². The van der Waals surface area contributed by atoms with E-state index in [9.17, 15) is 0 Å². The van der Waals surface area contributed by atoms with E-state index in [1.165, 1.54) is 0 Å². The quantitative estimate of drug-likeness (QED) is 0.731. The molecule has 0 saturated heterocycles. The Morgan fingerprint density at radius 2 is 2.13 bits per heavy atom. The van der Waals surface area contributed by atoms with Gasteiger partial charge in [0.2, 0.25) is 11.8 Å². The highest BCUT2D eigenvalue weighted by Gasteiger charge is 2.09. The summed E-state index contributed by atoms with van der Waals surface area (Å²) in [5, 5.41) is 16.6. The predicted octanol–water partition coefficient (Wildman–Crippen LogP) is 0.972. The van der Waals surface area contributed by atoms with Gasteiger partial charge < -0.3 is 9.52 Å². The number of hydrogen-bond acceptors (Lipinski definition) is 5. The number of rotatable bonds is 7. The van der Waals surface area contributed by atoms with Gasteiger partial charge in [-0.15, -0.1) is 10.2 Å². The predicted molar refractivity (Wildman–Crippen MR) is 56.3 cm³/mol. The molecule has 0 unspecified atom stereocenters. The standard InChI is InChI=1S/C10H19N3O2/c1-3-4-5-13(6-7-14)8-10-12-11-9(2)15-10/h14H,3-8H2,1-2H3. The van der Waals surface area contributed by atoms with E-state index in [-0.39, 0.29) is 6.61 Å². The largest absolute Gasteiger partial charge is 0.424 e. The molecule has 1 N–H and O–H groups in total. The van der Waals surface area contributed by atoms with Gasteiger partial charge in [-0.05, 0) is 13.0 Å². The maximum Gasteiger partial charge on any atom is 0.230 e. The van der Waals surface area contributed by atoms with E-state index in [4.69, 9.17) is 9.52 Å². The van der Waals surface area contributed by atoms with Crippen LogP contribution in [-0.4, -0.2) is 39.9 Å². The van der Waals surface area contributed by atoms with Crippen LogP contribution in [0, 0.1) is 6.92 Å². The lowest BCUT2D eigenvalue weighted by molar-refractivity contribution is 0.176. The van der Waals surface area contributed by atoms with E-state index in [1.54, 1.807) is 6.92 Å². The molecule has 0 radical (unpaired) electrons. The van der Waals surface area contributed by atoms with E-state index < -0.39 is 0 Å². The molecule has 86 valence electrons. The van der Waals surface area contributed by atoms with Crippen molar-refractivity contribution in [1.29, 1.82) is 0 Å². The van der Waals surface area contributed by atoms with E-state index in [0.717, 1.165) is 19.4 Å². The van der Waals surface area contributed by atoms with Crippen LogP contribution in [0.5, 0.6) is 0 Å². The maximum absolute atomic E-state index is 8.91. The Bertz CT molecular complexity index is 275. The van der Waals surface area contributed by atoms with Crippen molar-refractivity contribution in [2.24, 2.45) is 0 Å². The minimum absolute atomic E-state index is 0.164. The minimum Gasteiger partial charge on any atom is -0.424 e. The molecule has 0 fully saturated rings. The van der Waals surface area contributed by atoms with Gasteiger partial charge >= 0.3 is 0 Å². The fourth-order valence-electron chi connectivity index (χ4n) is 1.39. The van der Waals surface area contributed by atoms with Crippen LogP contribution in [0.1, 0.15) is 31.5 Å². The van der Waals surface area contributed by atoms with Crippen molar-refractivity contribution in [3.05, 3.63) is 11.8 Å². The molecule has 1 aromatic rings. The van der Waals surface area contributed by atoms with Crippen LogP contribution >= 0.6 is 0 Å². The van der Waals surface area contributed by atoms with E-state index in [2.05, 4.69) is 22.0 Å². The molecule has 1 aromatic heterocycles. The van der Waals surface area contributed by atoms with Crippen LogP contribution in [0.2, 0.25) is 0 Å². The summed E-state index contributed by atoms with van der Waals surface area (Å²) >= 11 is 0. The van der Waals surface area contributed by atoms with Gasteiger partial charge in [-0.2, -0.15) is 0 Å². The third-order valence-corrected chi connectivity index (χ3v) is 2.17.